The third kappa shape index (κ3) is 2.66. The third-order valence-electron chi connectivity index (χ3n) is 2.81. The molecule has 0 aliphatic carbocycles. The SMILES string of the molecule is CNCC(=O)C(C)(C)c1ccc(C)cc1. The highest BCUT2D eigenvalue weighted by Gasteiger charge is 2.28. The number of likely N-dealkylation sites (N-methyl/N-ethyl adjacent to an activating group) is 1. The number of aryl methyl sites for hydroxylation is 1. The first-order chi connectivity index (χ1) is 6.98. The number of Topliss-reactive ketones (excluding diaryl/α,β-unsaturated/α-hetero) is 1. The maximum absolute atomic E-state index is 11.9. The summed E-state index contributed by atoms with van der Waals surface area (Å²) in [6.07, 6.45) is 0. The van der Waals surface area contributed by atoms with Crippen LogP contribution in [-0.4, -0.2) is 19.4 Å². The molecular formula is C13H19NO. The summed E-state index contributed by atoms with van der Waals surface area (Å²) < 4.78 is 0. The zero-order chi connectivity index (χ0) is 11.5. The normalized spacial score (nSPS) is 11.5. The average molecular weight is 205 g/mol. The molecule has 0 aromatic heterocycles. The first-order valence-corrected chi connectivity index (χ1v) is 5.23. The Morgan fingerprint density at radius 3 is 2.27 bits per heavy atom. The van der Waals surface area contributed by atoms with Gasteiger partial charge in [0.15, 0.2) is 5.78 Å². The van der Waals surface area contributed by atoms with Crippen LogP contribution in [0.2, 0.25) is 0 Å². The molecule has 0 unspecified atom stereocenters. The number of hydrogen-bond acceptors (Lipinski definition) is 2. The number of carbonyl (C=O) groups excluding carboxylic acids is 1. The first-order valence-electron chi connectivity index (χ1n) is 5.23. The van der Waals surface area contributed by atoms with Crippen molar-refractivity contribution in [3.63, 3.8) is 0 Å². The first kappa shape index (κ1) is 11.9. The standard InChI is InChI=1S/C13H19NO/c1-10-5-7-11(8-6-10)13(2,3)12(15)9-14-4/h5-8,14H,9H2,1-4H3. The van der Waals surface area contributed by atoms with Crippen LogP contribution in [0.4, 0.5) is 0 Å². The van der Waals surface area contributed by atoms with Crippen molar-refractivity contribution in [2.75, 3.05) is 13.6 Å². The number of rotatable bonds is 4. The van der Waals surface area contributed by atoms with Gasteiger partial charge < -0.3 is 5.32 Å². The molecule has 0 saturated carbocycles. The molecule has 0 aliphatic heterocycles. The van der Waals surface area contributed by atoms with Gasteiger partial charge in [0.1, 0.15) is 0 Å². The molecule has 1 aromatic rings. The highest BCUT2D eigenvalue weighted by atomic mass is 16.1. The molecule has 0 radical (unpaired) electrons. The van der Waals surface area contributed by atoms with Gasteiger partial charge in [0.25, 0.3) is 0 Å². The van der Waals surface area contributed by atoms with E-state index in [1.165, 1.54) is 5.56 Å². The van der Waals surface area contributed by atoms with E-state index in [0.29, 0.717) is 6.54 Å². The molecular weight excluding hydrogens is 186 g/mol. The second-order valence-electron chi connectivity index (χ2n) is 4.44. The van der Waals surface area contributed by atoms with E-state index in [1.807, 2.05) is 45.0 Å². The van der Waals surface area contributed by atoms with E-state index in [2.05, 4.69) is 5.32 Å². The van der Waals surface area contributed by atoms with Crippen LogP contribution < -0.4 is 5.32 Å². The molecule has 2 nitrogen and oxygen atoms in total. The van der Waals surface area contributed by atoms with Gasteiger partial charge >= 0.3 is 0 Å². The Labute approximate surface area is 91.7 Å². The predicted octanol–water partition coefficient (Wildman–Crippen LogP) is 2.06. The Balaban J connectivity index is 2.94. The van der Waals surface area contributed by atoms with Crippen LogP contribution in [0.25, 0.3) is 0 Å². The van der Waals surface area contributed by atoms with Crippen LogP contribution in [0.15, 0.2) is 24.3 Å². The van der Waals surface area contributed by atoms with Crippen LogP contribution in [-0.2, 0) is 10.2 Å². The molecule has 0 atom stereocenters. The van der Waals surface area contributed by atoms with Crippen LogP contribution >= 0.6 is 0 Å². The van der Waals surface area contributed by atoms with Crippen molar-refractivity contribution < 1.29 is 4.79 Å². The van der Waals surface area contributed by atoms with E-state index >= 15 is 0 Å². The molecule has 0 fully saturated rings. The summed E-state index contributed by atoms with van der Waals surface area (Å²) in [4.78, 5) is 11.9. The number of carbonyl (C=O) groups is 1. The fraction of sp³-hybridized carbons (Fsp3) is 0.462. The minimum absolute atomic E-state index is 0.217. The van der Waals surface area contributed by atoms with Crippen LogP contribution in [0.3, 0.4) is 0 Å². The molecule has 0 bridgehead atoms. The van der Waals surface area contributed by atoms with Crippen molar-refractivity contribution >= 4 is 5.78 Å². The Kier molecular flexibility index (Phi) is 3.64. The summed E-state index contributed by atoms with van der Waals surface area (Å²) in [6.45, 7) is 6.40. The summed E-state index contributed by atoms with van der Waals surface area (Å²) in [5, 5.41) is 2.91. The van der Waals surface area contributed by atoms with E-state index in [4.69, 9.17) is 0 Å². The second kappa shape index (κ2) is 4.58. The Hall–Kier alpha value is -1.15. The molecule has 1 aromatic carbocycles. The van der Waals surface area contributed by atoms with Crippen molar-refractivity contribution in [3.8, 4) is 0 Å². The van der Waals surface area contributed by atoms with E-state index in [-0.39, 0.29) is 5.78 Å². The predicted molar refractivity (Wildman–Crippen MR) is 63.1 cm³/mol. The molecule has 0 aliphatic rings. The second-order valence-corrected chi connectivity index (χ2v) is 4.44. The molecule has 1 rings (SSSR count). The lowest BCUT2D eigenvalue weighted by Gasteiger charge is -2.23. The topological polar surface area (TPSA) is 29.1 Å². The lowest BCUT2D eigenvalue weighted by atomic mass is 9.80. The zero-order valence-corrected chi connectivity index (χ0v) is 9.92. The number of benzene rings is 1. The Morgan fingerprint density at radius 2 is 1.80 bits per heavy atom. The number of hydrogen-bond donors (Lipinski definition) is 1. The van der Waals surface area contributed by atoms with E-state index in [9.17, 15) is 4.79 Å². The van der Waals surface area contributed by atoms with Gasteiger partial charge in [0.05, 0.1) is 6.54 Å². The minimum Gasteiger partial charge on any atom is -0.313 e. The highest BCUT2D eigenvalue weighted by molar-refractivity contribution is 5.90. The van der Waals surface area contributed by atoms with E-state index in [0.717, 1.165) is 5.56 Å². The van der Waals surface area contributed by atoms with Gasteiger partial charge in [0, 0.05) is 5.41 Å². The van der Waals surface area contributed by atoms with Gasteiger partial charge in [-0.15, -0.1) is 0 Å². The van der Waals surface area contributed by atoms with Crippen molar-refractivity contribution in [1.82, 2.24) is 5.32 Å². The lowest BCUT2D eigenvalue weighted by molar-refractivity contribution is -0.122. The fourth-order valence-corrected chi connectivity index (χ4v) is 1.51. The lowest BCUT2D eigenvalue weighted by Crippen LogP contribution is -2.35. The molecule has 0 saturated heterocycles. The number of nitrogens with one attached hydrogen (secondary N) is 1. The molecule has 0 spiro atoms. The van der Waals surface area contributed by atoms with Crippen LogP contribution in [0.1, 0.15) is 25.0 Å². The maximum Gasteiger partial charge on any atom is 0.156 e. The van der Waals surface area contributed by atoms with Crippen molar-refractivity contribution in [3.05, 3.63) is 35.4 Å². The molecule has 2 heteroatoms. The van der Waals surface area contributed by atoms with Gasteiger partial charge in [-0.2, -0.15) is 0 Å². The third-order valence-corrected chi connectivity index (χ3v) is 2.81. The average Bonchev–Trinajstić information content (AvgIpc) is 2.18. The summed E-state index contributed by atoms with van der Waals surface area (Å²) in [7, 11) is 1.79. The summed E-state index contributed by atoms with van der Waals surface area (Å²) in [5.74, 6) is 0.217. The van der Waals surface area contributed by atoms with E-state index < -0.39 is 5.41 Å². The van der Waals surface area contributed by atoms with Crippen molar-refractivity contribution in [1.29, 1.82) is 0 Å². The minimum atomic E-state index is -0.406. The van der Waals surface area contributed by atoms with Gasteiger partial charge in [0.2, 0.25) is 0 Å². The molecule has 0 heterocycles. The van der Waals surface area contributed by atoms with Gasteiger partial charge in [-0.1, -0.05) is 29.8 Å². The molecule has 15 heavy (non-hydrogen) atoms. The summed E-state index contributed by atoms with van der Waals surface area (Å²) in [5.41, 5.74) is 1.89. The summed E-state index contributed by atoms with van der Waals surface area (Å²) >= 11 is 0. The smallest absolute Gasteiger partial charge is 0.156 e. The zero-order valence-electron chi connectivity index (χ0n) is 9.92. The van der Waals surface area contributed by atoms with E-state index in [1.54, 1.807) is 7.05 Å². The highest BCUT2D eigenvalue weighted by Crippen LogP contribution is 2.24. The molecule has 82 valence electrons. The van der Waals surface area contributed by atoms with Gasteiger partial charge in [-0.25, -0.2) is 0 Å². The number of ketones is 1. The molecule has 0 amide bonds. The van der Waals surface area contributed by atoms with Gasteiger partial charge in [-0.3, -0.25) is 4.79 Å². The monoisotopic (exact) mass is 205 g/mol. The molecule has 1 N–H and O–H groups in total. The van der Waals surface area contributed by atoms with Gasteiger partial charge in [-0.05, 0) is 33.4 Å². The van der Waals surface area contributed by atoms with Crippen LogP contribution in [0.5, 0.6) is 0 Å². The Morgan fingerprint density at radius 1 is 1.27 bits per heavy atom. The van der Waals surface area contributed by atoms with Crippen LogP contribution in [0, 0.1) is 6.92 Å². The van der Waals surface area contributed by atoms with Crippen molar-refractivity contribution in [2.45, 2.75) is 26.2 Å². The maximum atomic E-state index is 11.9. The largest absolute Gasteiger partial charge is 0.313 e. The Bertz CT molecular complexity index is 338. The quantitative estimate of drug-likeness (QED) is 0.815. The van der Waals surface area contributed by atoms with Crippen molar-refractivity contribution in [2.24, 2.45) is 0 Å². The fourth-order valence-electron chi connectivity index (χ4n) is 1.51. The summed E-state index contributed by atoms with van der Waals surface area (Å²) in [6, 6.07) is 8.15.